The van der Waals surface area contributed by atoms with E-state index in [1.165, 1.54) is 29.2 Å². The van der Waals surface area contributed by atoms with Gasteiger partial charge in [-0.05, 0) is 75.6 Å². The highest BCUT2D eigenvalue weighted by Gasteiger charge is 2.34. The number of carbonyl (C=O) groups excluding carboxylic acids is 2. The Morgan fingerprint density at radius 3 is 2.00 bits per heavy atom. The highest BCUT2D eigenvalue weighted by molar-refractivity contribution is 7.92. The summed E-state index contributed by atoms with van der Waals surface area (Å²) in [6, 6.07) is 21.4. The van der Waals surface area contributed by atoms with Gasteiger partial charge in [0.05, 0.1) is 10.6 Å². The predicted molar refractivity (Wildman–Crippen MR) is 151 cm³/mol. The van der Waals surface area contributed by atoms with Gasteiger partial charge in [0, 0.05) is 12.1 Å². The summed E-state index contributed by atoms with van der Waals surface area (Å²) in [4.78, 5) is 28.7. The number of hydrogen-bond donors (Lipinski definition) is 1. The van der Waals surface area contributed by atoms with E-state index in [9.17, 15) is 22.4 Å². The lowest BCUT2D eigenvalue weighted by atomic mass is 10.1. The Morgan fingerprint density at radius 1 is 0.897 bits per heavy atom. The quantitative estimate of drug-likeness (QED) is 0.370. The fourth-order valence-electron chi connectivity index (χ4n) is 4.20. The molecule has 2 amide bonds. The molecule has 7 nitrogen and oxygen atoms in total. The van der Waals surface area contributed by atoms with Crippen LogP contribution in [0.5, 0.6) is 0 Å². The van der Waals surface area contributed by atoms with E-state index in [0.717, 1.165) is 22.0 Å². The van der Waals surface area contributed by atoms with Gasteiger partial charge in [0.15, 0.2) is 0 Å². The van der Waals surface area contributed by atoms with Crippen molar-refractivity contribution in [1.82, 2.24) is 10.2 Å². The molecule has 0 saturated carbocycles. The zero-order valence-electron chi connectivity index (χ0n) is 22.8. The summed E-state index contributed by atoms with van der Waals surface area (Å²) in [6.45, 7) is 7.04. The summed E-state index contributed by atoms with van der Waals surface area (Å²) in [7, 11) is -4.18. The smallest absolute Gasteiger partial charge is 0.264 e. The largest absolute Gasteiger partial charge is 0.350 e. The Hall–Kier alpha value is -3.72. The first-order valence-corrected chi connectivity index (χ1v) is 14.3. The maximum absolute atomic E-state index is 13.9. The van der Waals surface area contributed by atoms with Gasteiger partial charge < -0.3 is 10.2 Å². The first-order valence-electron chi connectivity index (χ1n) is 12.9. The molecule has 0 radical (unpaired) electrons. The van der Waals surface area contributed by atoms with Gasteiger partial charge in [0.2, 0.25) is 11.8 Å². The number of anilines is 1. The average molecular weight is 554 g/mol. The maximum atomic E-state index is 13.9. The number of nitrogens with zero attached hydrogens (tertiary/aromatic N) is 2. The highest BCUT2D eigenvalue weighted by Crippen LogP contribution is 2.25. The van der Waals surface area contributed by atoms with Gasteiger partial charge in [-0.3, -0.25) is 13.9 Å². The van der Waals surface area contributed by atoms with Crippen LogP contribution in [0.2, 0.25) is 0 Å². The molecule has 3 rings (SSSR count). The Bertz CT molecular complexity index is 1340. The van der Waals surface area contributed by atoms with Crippen molar-refractivity contribution in [1.29, 1.82) is 0 Å². The van der Waals surface area contributed by atoms with Crippen LogP contribution < -0.4 is 9.62 Å². The van der Waals surface area contributed by atoms with Crippen molar-refractivity contribution in [2.75, 3.05) is 17.4 Å². The lowest BCUT2D eigenvalue weighted by Crippen LogP contribution is -2.56. The first-order chi connectivity index (χ1) is 18.4. The zero-order chi connectivity index (χ0) is 28.6. The summed E-state index contributed by atoms with van der Waals surface area (Å²) in [5, 5.41) is 2.94. The van der Waals surface area contributed by atoms with E-state index in [1.54, 1.807) is 18.2 Å². The van der Waals surface area contributed by atoms with Crippen LogP contribution in [0.4, 0.5) is 10.1 Å². The third kappa shape index (κ3) is 8.13. The van der Waals surface area contributed by atoms with Crippen LogP contribution in [-0.4, -0.2) is 49.8 Å². The predicted octanol–water partition coefficient (Wildman–Crippen LogP) is 4.79. The van der Waals surface area contributed by atoms with Crippen LogP contribution in [0.25, 0.3) is 0 Å². The van der Waals surface area contributed by atoms with Crippen molar-refractivity contribution >= 4 is 27.5 Å². The van der Waals surface area contributed by atoms with Gasteiger partial charge in [-0.15, -0.1) is 0 Å². The SMILES string of the molecule is CC[C@@H](C(=O)NC(C)(C)C)N(CCc1ccccc1)C(=O)CN(c1ccc(F)cc1)S(=O)(=O)c1ccccc1. The summed E-state index contributed by atoms with van der Waals surface area (Å²) in [6.07, 6.45) is 0.818. The molecule has 3 aromatic rings. The molecule has 0 aliphatic rings. The molecule has 0 fully saturated rings. The van der Waals surface area contributed by atoms with Crippen molar-refractivity contribution in [3.8, 4) is 0 Å². The fraction of sp³-hybridized carbons (Fsp3) is 0.333. The molecule has 39 heavy (non-hydrogen) atoms. The fourth-order valence-corrected chi connectivity index (χ4v) is 5.64. The first kappa shape index (κ1) is 29.8. The second-order valence-corrected chi connectivity index (χ2v) is 12.1. The third-order valence-electron chi connectivity index (χ3n) is 6.09. The summed E-state index contributed by atoms with van der Waals surface area (Å²) >= 11 is 0. The van der Waals surface area contributed by atoms with E-state index in [0.29, 0.717) is 12.8 Å². The van der Waals surface area contributed by atoms with Crippen molar-refractivity contribution < 1.29 is 22.4 Å². The van der Waals surface area contributed by atoms with Crippen LogP contribution in [-0.2, 0) is 26.0 Å². The molecule has 0 saturated heterocycles. The van der Waals surface area contributed by atoms with Crippen molar-refractivity contribution in [2.24, 2.45) is 0 Å². The molecule has 0 unspecified atom stereocenters. The standard InChI is InChI=1S/C30H36FN3O4S/c1-5-27(29(36)32-30(2,3)4)33(21-20-23-12-8-6-9-13-23)28(35)22-34(25-18-16-24(31)17-19-25)39(37,38)26-14-10-7-11-15-26/h6-19,27H,5,20-22H2,1-4H3,(H,32,36)/t27-/m0/s1. The normalized spacial score (nSPS) is 12.4. The Balaban J connectivity index is 2.00. The second kappa shape index (κ2) is 12.9. The Morgan fingerprint density at radius 2 is 1.46 bits per heavy atom. The Kier molecular flexibility index (Phi) is 9.86. The molecular formula is C30H36FN3O4S. The minimum absolute atomic E-state index is 0.00419. The monoisotopic (exact) mass is 553 g/mol. The van der Waals surface area contributed by atoms with Crippen LogP contribution in [0.3, 0.4) is 0 Å². The van der Waals surface area contributed by atoms with E-state index in [1.807, 2.05) is 58.0 Å². The molecule has 208 valence electrons. The second-order valence-electron chi connectivity index (χ2n) is 10.3. The number of halogens is 1. The lowest BCUT2D eigenvalue weighted by Gasteiger charge is -2.34. The number of rotatable bonds is 11. The summed E-state index contributed by atoms with van der Waals surface area (Å²) in [5.41, 5.74) is 0.604. The molecule has 0 aliphatic carbocycles. The van der Waals surface area contributed by atoms with E-state index in [4.69, 9.17) is 0 Å². The van der Waals surface area contributed by atoms with Crippen LogP contribution in [0.1, 0.15) is 39.7 Å². The molecule has 0 aliphatic heterocycles. The summed E-state index contributed by atoms with van der Waals surface area (Å²) in [5.74, 6) is -1.38. The van der Waals surface area contributed by atoms with E-state index in [2.05, 4.69) is 5.32 Å². The highest BCUT2D eigenvalue weighted by atomic mass is 32.2. The number of hydrogen-bond acceptors (Lipinski definition) is 4. The van der Waals surface area contributed by atoms with Crippen LogP contribution >= 0.6 is 0 Å². The van der Waals surface area contributed by atoms with Crippen molar-refractivity contribution in [3.63, 3.8) is 0 Å². The molecule has 0 bridgehead atoms. The van der Waals surface area contributed by atoms with Gasteiger partial charge in [0.25, 0.3) is 10.0 Å². The van der Waals surface area contributed by atoms with Crippen LogP contribution in [0, 0.1) is 5.82 Å². The number of sulfonamides is 1. The van der Waals surface area contributed by atoms with Crippen LogP contribution in [0.15, 0.2) is 89.8 Å². The molecule has 0 heterocycles. The average Bonchev–Trinajstić information content (AvgIpc) is 2.90. The Labute approximate surface area is 230 Å². The zero-order valence-corrected chi connectivity index (χ0v) is 23.6. The molecule has 0 spiro atoms. The van der Waals surface area contributed by atoms with Gasteiger partial charge in [-0.1, -0.05) is 55.5 Å². The number of carbonyl (C=O) groups is 2. The number of nitrogens with one attached hydrogen (secondary N) is 1. The van der Waals surface area contributed by atoms with Gasteiger partial charge in [0.1, 0.15) is 18.4 Å². The van der Waals surface area contributed by atoms with E-state index < -0.39 is 39.9 Å². The van der Waals surface area contributed by atoms with E-state index in [-0.39, 0.29) is 23.0 Å². The number of amides is 2. The van der Waals surface area contributed by atoms with Gasteiger partial charge in [-0.2, -0.15) is 0 Å². The minimum Gasteiger partial charge on any atom is -0.350 e. The molecule has 1 atom stereocenters. The topological polar surface area (TPSA) is 86.8 Å². The maximum Gasteiger partial charge on any atom is 0.264 e. The van der Waals surface area contributed by atoms with Gasteiger partial charge >= 0.3 is 0 Å². The van der Waals surface area contributed by atoms with Gasteiger partial charge in [-0.25, -0.2) is 12.8 Å². The number of benzene rings is 3. The van der Waals surface area contributed by atoms with E-state index >= 15 is 0 Å². The minimum atomic E-state index is -4.18. The lowest BCUT2D eigenvalue weighted by molar-refractivity contribution is -0.140. The summed E-state index contributed by atoms with van der Waals surface area (Å²) < 4.78 is 42.1. The molecule has 0 aromatic heterocycles. The van der Waals surface area contributed by atoms with Crippen molar-refractivity contribution in [3.05, 3.63) is 96.3 Å². The third-order valence-corrected chi connectivity index (χ3v) is 7.88. The molecule has 1 N–H and O–H groups in total. The molecular weight excluding hydrogens is 517 g/mol. The molecule has 9 heteroatoms. The molecule has 3 aromatic carbocycles. The van der Waals surface area contributed by atoms with Crippen molar-refractivity contribution in [2.45, 2.75) is 57.0 Å².